The summed E-state index contributed by atoms with van der Waals surface area (Å²) >= 11 is 0. The van der Waals surface area contributed by atoms with Gasteiger partial charge in [0.15, 0.2) is 5.78 Å². The van der Waals surface area contributed by atoms with Gasteiger partial charge in [0.05, 0.1) is 24.5 Å². The van der Waals surface area contributed by atoms with Crippen molar-refractivity contribution >= 4 is 23.3 Å². The van der Waals surface area contributed by atoms with E-state index in [-0.39, 0.29) is 47.3 Å². The van der Waals surface area contributed by atoms with Crippen molar-refractivity contribution in [3.63, 3.8) is 0 Å². The average molecular weight is 440 g/mol. The number of carboxylic acid groups (broad SMARTS) is 1. The molecule has 0 unspecified atom stereocenters. The van der Waals surface area contributed by atoms with Gasteiger partial charge < -0.3 is 25.0 Å². The Hall–Kier alpha value is -4.06. The molecule has 0 aliphatic rings. The number of ketones is 1. The van der Waals surface area contributed by atoms with Crippen molar-refractivity contribution in [1.29, 1.82) is 5.26 Å². The van der Waals surface area contributed by atoms with Gasteiger partial charge >= 0.3 is 11.9 Å². The largest absolute Gasteiger partial charge is 0.507 e. The van der Waals surface area contributed by atoms with Crippen LogP contribution in [0.2, 0.25) is 0 Å². The van der Waals surface area contributed by atoms with E-state index >= 15 is 0 Å². The summed E-state index contributed by atoms with van der Waals surface area (Å²) in [5.74, 6) is -2.52. The monoisotopic (exact) mass is 440 g/mol. The molecule has 32 heavy (non-hydrogen) atoms. The number of aliphatic carboxylic acids is 1. The van der Waals surface area contributed by atoms with Crippen LogP contribution in [-0.2, 0) is 16.0 Å². The molecule has 0 aliphatic carbocycles. The van der Waals surface area contributed by atoms with Crippen LogP contribution in [0.3, 0.4) is 0 Å². The highest BCUT2D eigenvalue weighted by Gasteiger charge is 2.17. The number of hydrogen-bond acceptors (Lipinski definition) is 7. The topological polar surface area (TPSA) is 146 Å². The number of rotatable bonds is 10. The minimum Gasteiger partial charge on any atom is -0.507 e. The zero-order valence-electron chi connectivity index (χ0n) is 17.8. The number of carbonyl (C=O) groups is 3. The molecule has 0 saturated carbocycles. The third-order valence-electron chi connectivity index (χ3n) is 4.50. The number of anilines is 1. The molecule has 0 heterocycles. The first-order chi connectivity index (χ1) is 15.3. The zero-order chi connectivity index (χ0) is 23.7. The third kappa shape index (κ3) is 5.98. The number of benzene rings is 2. The van der Waals surface area contributed by atoms with E-state index in [4.69, 9.17) is 14.6 Å². The first kappa shape index (κ1) is 24.2. The van der Waals surface area contributed by atoms with E-state index in [1.54, 1.807) is 6.07 Å². The van der Waals surface area contributed by atoms with Gasteiger partial charge in [-0.3, -0.25) is 9.59 Å². The van der Waals surface area contributed by atoms with Crippen LogP contribution in [0.1, 0.15) is 48.2 Å². The molecular weight excluding hydrogens is 416 g/mol. The molecule has 0 bridgehead atoms. The van der Waals surface area contributed by atoms with Gasteiger partial charge in [-0.25, -0.2) is 4.79 Å². The van der Waals surface area contributed by atoms with Gasteiger partial charge in [-0.1, -0.05) is 19.4 Å². The minimum atomic E-state index is -1.66. The number of amides is 1. The summed E-state index contributed by atoms with van der Waals surface area (Å²) in [6.45, 7) is 3.79. The van der Waals surface area contributed by atoms with Gasteiger partial charge in [-0.2, -0.15) is 5.26 Å². The molecule has 0 spiro atoms. The van der Waals surface area contributed by atoms with E-state index < -0.39 is 11.9 Å². The van der Waals surface area contributed by atoms with Crippen LogP contribution in [0.4, 0.5) is 5.69 Å². The van der Waals surface area contributed by atoms with Crippen LogP contribution in [0.25, 0.3) is 0 Å². The SMILES string of the molecule is CCCc1c(OCCCOc2cccc(NC(=O)C(=O)O)c2C#N)ccc(C(C)=O)c1O. The zero-order valence-corrected chi connectivity index (χ0v) is 17.8. The Morgan fingerprint density at radius 3 is 2.38 bits per heavy atom. The summed E-state index contributed by atoms with van der Waals surface area (Å²) in [6.07, 6.45) is 1.76. The van der Waals surface area contributed by atoms with Crippen molar-refractivity contribution in [2.45, 2.75) is 33.1 Å². The number of nitrogens with one attached hydrogen (secondary N) is 1. The number of nitriles is 1. The van der Waals surface area contributed by atoms with Crippen molar-refractivity contribution in [3.05, 3.63) is 47.0 Å². The highest BCUT2D eigenvalue weighted by molar-refractivity contribution is 6.36. The molecule has 1 amide bonds. The summed E-state index contributed by atoms with van der Waals surface area (Å²) in [6, 6.07) is 9.55. The van der Waals surface area contributed by atoms with Crippen LogP contribution in [0, 0.1) is 11.3 Å². The molecule has 0 atom stereocenters. The Morgan fingerprint density at radius 1 is 1.09 bits per heavy atom. The third-order valence-corrected chi connectivity index (χ3v) is 4.50. The van der Waals surface area contributed by atoms with Crippen LogP contribution in [0.15, 0.2) is 30.3 Å². The fourth-order valence-corrected chi connectivity index (χ4v) is 3.00. The lowest BCUT2D eigenvalue weighted by Gasteiger charge is -2.15. The fourth-order valence-electron chi connectivity index (χ4n) is 3.00. The second kappa shape index (κ2) is 11.4. The Bertz CT molecular complexity index is 1060. The number of phenolic OH excluding ortho intramolecular Hbond substituents is 1. The van der Waals surface area contributed by atoms with E-state index in [1.807, 2.05) is 13.0 Å². The fraction of sp³-hybridized carbons (Fsp3) is 0.304. The maximum atomic E-state index is 11.6. The highest BCUT2D eigenvalue weighted by Crippen LogP contribution is 2.33. The van der Waals surface area contributed by atoms with E-state index in [1.165, 1.54) is 31.2 Å². The summed E-state index contributed by atoms with van der Waals surface area (Å²) in [5, 5.41) is 30.6. The van der Waals surface area contributed by atoms with Crippen molar-refractivity contribution in [2.75, 3.05) is 18.5 Å². The maximum Gasteiger partial charge on any atom is 0.394 e. The molecule has 0 saturated heterocycles. The van der Waals surface area contributed by atoms with Crippen molar-refractivity contribution < 1.29 is 34.1 Å². The van der Waals surface area contributed by atoms with Gasteiger partial charge in [-0.15, -0.1) is 0 Å². The molecule has 168 valence electrons. The lowest BCUT2D eigenvalue weighted by Crippen LogP contribution is -2.22. The number of aromatic hydroxyl groups is 1. The number of ether oxygens (including phenoxy) is 2. The Kier molecular flexibility index (Phi) is 8.60. The van der Waals surface area contributed by atoms with Gasteiger partial charge in [0.1, 0.15) is 28.9 Å². The standard InChI is InChI=1S/C23H24N2O7/c1-3-6-16-20(10-9-15(14(2)26)21(16)27)32-12-5-11-31-19-8-4-7-18(17(19)13-24)25-22(28)23(29)30/h4,7-10,27H,3,5-6,11-12H2,1-2H3,(H,25,28)(H,29,30). The van der Waals surface area contributed by atoms with Gasteiger partial charge in [-0.05, 0) is 37.6 Å². The molecule has 2 rings (SSSR count). The second-order valence-corrected chi connectivity index (χ2v) is 6.84. The molecular formula is C23H24N2O7. The molecule has 0 aromatic heterocycles. The van der Waals surface area contributed by atoms with Crippen molar-refractivity contribution in [3.8, 4) is 23.3 Å². The van der Waals surface area contributed by atoms with Gasteiger partial charge in [0.25, 0.3) is 0 Å². The van der Waals surface area contributed by atoms with Crippen molar-refractivity contribution in [1.82, 2.24) is 0 Å². The highest BCUT2D eigenvalue weighted by atomic mass is 16.5. The summed E-state index contributed by atoms with van der Waals surface area (Å²) < 4.78 is 11.4. The molecule has 9 heteroatoms. The number of Topliss-reactive ketones (excluding diaryl/α,β-unsaturated/α-hetero) is 1. The van der Waals surface area contributed by atoms with Crippen LogP contribution in [0.5, 0.6) is 17.2 Å². The van der Waals surface area contributed by atoms with Gasteiger partial charge in [0, 0.05) is 12.0 Å². The number of carboxylic acids is 1. The van der Waals surface area contributed by atoms with Crippen LogP contribution < -0.4 is 14.8 Å². The van der Waals surface area contributed by atoms with E-state index in [0.29, 0.717) is 24.2 Å². The Labute approximate surface area is 185 Å². The van der Waals surface area contributed by atoms with E-state index in [9.17, 15) is 24.8 Å². The molecule has 2 aromatic carbocycles. The quantitative estimate of drug-likeness (QED) is 0.290. The maximum absolute atomic E-state index is 11.6. The first-order valence-electron chi connectivity index (χ1n) is 9.98. The molecule has 0 radical (unpaired) electrons. The molecule has 2 aromatic rings. The number of nitrogens with zero attached hydrogens (tertiary/aromatic N) is 1. The Balaban J connectivity index is 1.99. The van der Waals surface area contributed by atoms with Crippen LogP contribution >= 0.6 is 0 Å². The first-order valence-corrected chi connectivity index (χ1v) is 9.98. The number of phenols is 1. The summed E-state index contributed by atoms with van der Waals surface area (Å²) in [5.41, 5.74) is 0.884. The molecule has 3 N–H and O–H groups in total. The molecule has 0 fully saturated rings. The van der Waals surface area contributed by atoms with Crippen LogP contribution in [-0.4, -0.2) is 41.1 Å². The van der Waals surface area contributed by atoms with Gasteiger partial charge in [0.2, 0.25) is 0 Å². The minimum absolute atomic E-state index is 0.0120. The number of carbonyl (C=O) groups excluding carboxylic acids is 2. The average Bonchev–Trinajstić information content (AvgIpc) is 2.75. The van der Waals surface area contributed by atoms with Crippen molar-refractivity contribution in [2.24, 2.45) is 0 Å². The predicted molar refractivity (Wildman–Crippen MR) is 115 cm³/mol. The smallest absolute Gasteiger partial charge is 0.394 e. The predicted octanol–water partition coefficient (Wildman–Crippen LogP) is 3.29. The lowest BCUT2D eigenvalue weighted by molar-refractivity contribution is -0.147. The summed E-state index contributed by atoms with van der Waals surface area (Å²) in [7, 11) is 0. The van der Waals surface area contributed by atoms with E-state index in [0.717, 1.165) is 6.42 Å². The normalized spacial score (nSPS) is 10.2. The lowest BCUT2D eigenvalue weighted by atomic mass is 10.0. The summed E-state index contributed by atoms with van der Waals surface area (Å²) in [4.78, 5) is 33.7. The Morgan fingerprint density at radius 2 is 1.78 bits per heavy atom. The van der Waals surface area contributed by atoms with E-state index in [2.05, 4.69) is 5.32 Å². The second-order valence-electron chi connectivity index (χ2n) is 6.84. The molecule has 9 nitrogen and oxygen atoms in total. The molecule has 0 aliphatic heterocycles. The number of hydrogen-bond donors (Lipinski definition) is 3.